The van der Waals surface area contributed by atoms with Gasteiger partial charge in [0.1, 0.15) is 5.75 Å². The molecule has 0 aliphatic heterocycles. The Bertz CT molecular complexity index is 1450. The molecular weight excluding hydrogens is 460 g/mol. The predicted molar refractivity (Wildman–Crippen MR) is 139 cm³/mol. The van der Waals surface area contributed by atoms with Crippen molar-refractivity contribution in [2.75, 3.05) is 5.75 Å². The topological polar surface area (TPSA) is 91.4 Å². The van der Waals surface area contributed by atoms with Crippen LogP contribution in [0.1, 0.15) is 48.0 Å². The van der Waals surface area contributed by atoms with Gasteiger partial charge in [0.2, 0.25) is 5.91 Å². The van der Waals surface area contributed by atoms with Crippen LogP contribution in [-0.2, 0) is 22.8 Å². The van der Waals surface area contributed by atoms with Crippen molar-refractivity contribution in [2.24, 2.45) is 5.73 Å². The van der Waals surface area contributed by atoms with Gasteiger partial charge in [0.05, 0.1) is 16.8 Å². The van der Waals surface area contributed by atoms with Crippen LogP contribution < -0.4 is 10.5 Å². The molecule has 7 heteroatoms. The molecule has 0 atom stereocenters. The van der Waals surface area contributed by atoms with E-state index in [9.17, 15) is 13.2 Å². The van der Waals surface area contributed by atoms with Crippen LogP contribution in [0.3, 0.4) is 0 Å². The van der Waals surface area contributed by atoms with E-state index in [1.54, 1.807) is 25.1 Å². The Labute approximate surface area is 206 Å². The molecule has 0 unspecified atom stereocenters. The highest BCUT2D eigenvalue weighted by Crippen LogP contribution is 2.26. The highest BCUT2D eigenvalue weighted by atomic mass is 32.2. The molecule has 0 fully saturated rings. The van der Waals surface area contributed by atoms with Gasteiger partial charge in [-0.3, -0.25) is 4.79 Å². The molecule has 1 aromatic heterocycles. The SMILES string of the molecule is CCS(=O)(=O)c1ccc(Cc2cc3cc(C(N)=O)ccc3n2Cc2ccc(OC(C)C)cc2)cc1. The Kier molecular flexibility index (Phi) is 6.98. The number of aromatic nitrogens is 1. The third-order valence-electron chi connectivity index (χ3n) is 5.96. The van der Waals surface area contributed by atoms with Gasteiger partial charge in [-0.25, -0.2) is 8.42 Å². The minimum absolute atomic E-state index is 0.0732. The molecule has 1 heterocycles. The molecule has 182 valence electrons. The first kappa shape index (κ1) is 24.5. The van der Waals surface area contributed by atoms with Crippen LogP contribution in [-0.4, -0.2) is 30.7 Å². The molecular formula is C28H30N2O4S. The van der Waals surface area contributed by atoms with E-state index in [1.165, 1.54) is 0 Å². The Balaban J connectivity index is 1.70. The highest BCUT2D eigenvalue weighted by Gasteiger charge is 2.14. The maximum Gasteiger partial charge on any atom is 0.248 e. The number of rotatable bonds is 9. The lowest BCUT2D eigenvalue weighted by Crippen LogP contribution is -2.10. The fourth-order valence-electron chi connectivity index (χ4n) is 4.13. The average Bonchev–Trinajstić information content (AvgIpc) is 3.16. The summed E-state index contributed by atoms with van der Waals surface area (Å²) >= 11 is 0. The van der Waals surface area contributed by atoms with Crippen molar-refractivity contribution in [3.8, 4) is 5.75 Å². The third kappa shape index (κ3) is 5.57. The Morgan fingerprint density at radius 3 is 2.20 bits per heavy atom. The van der Waals surface area contributed by atoms with Crippen LogP contribution in [0.15, 0.2) is 77.7 Å². The van der Waals surface area contributed by atoms with Crippen LogP contribution in [0, 0.1) is 0 Å². The summed E-state index contributed by atoms with van der Waals surface area (Å²) in [7, 11) is -3.24. The molecule has 1 amide bonds. The van der Waals surface area contributed by atoms with E-state index >= 15 is 0 Å². The first-order valence-corrected chi connectivity index (χ1v) is 13.3. The standard InChI is InChI=1S/C28H30N2O4S/c1-4-35(32,33)26-12-7-20(8-13-26)15-24-17-23-16-22(28(29)31)9-14-27(23)30(24)18-21-5-10-25(11-6-21)34-19(2)3/h5-14,16-17,19H,4,15,18H2,1-3H3,(H2,29,31). The van der Waals surface area contributed by atoms with Gasteiger partial charge in [-0.2, -0.15) is 0 Å². The second-order valence-corrected chi connectivity index (χ2v) is 11.2. The van der Waals surface area contributed by atoms with Crippen molar-refractivity contribution in [3.05, 3.63) is 95.2 Å². The molecule has 0 radical (unpaired) electrons. The molecule has 35 heavy (non-hydrogen) atoms. The van der Waals surface area contributed by atoms with Gasteiger partial charge in [-0.15, -0.1) is 0 Å². The summed E-state index contributed by atoms with van der Waals surface area (Å²) in [5.74, 6) is 0.438. The quantitative estimate of drug-likeness (QED) is 0.359. The summed E-state index contributed by atoms with van der Waals surface area (Å²) in [6.45, 7) is 6.27. The number of hydrogen-bond acceptors (Lipinski definition) is 4. The van der Waals surface area contributed by atoms with E-state index in [-0.39, 0.29) is 11.9 Å². The zero-order valence-corrected chi connectivity index (χ0v) is 21.0. The molecule has 0 bridgehead atoms. The second-order valence-electron chi connectivity index (χ2n) is 8.89. The predicted octanol–water partition coefficient (Wildman–Crippen LogP) is 4.96. The average molecular weight is 491 g/mol. The monoisotopic (exact) mass is 490 g/mol. The van der Waals surface area contributed by atoms with Crippen molar-refractivity contribution < 1.29 is 17.9 Å². The molecule has 6 nitrogen and oxygen atoms in total. The number of benzene rings is 3. The zero-order chi connectivity index (χ0) is 25.2. The molecule has 0 saturated carbocycles. The number of carbonyl (C=O) groups is 1. The van der Waals surface area contributed by atoms with Gasteiger partial charge in [0.25, 0.3) is 0 Å². The molecule has 0 aliphatic rings. The number of amides is 1. The minimum Gasteiger partial charge on any atom is -0.491 e. The Morgan fingerprint density at radius 1 is 0.943 bits per heavy atom. The van der Waals surface area contributed by atoms with Crippen molar-refractivity contribution in [1.29, 1.82) is 0 Å². The lowest BCUT2D eigenvalue weighted by molar-refractivity contribution is 0.100. The Hall–Kier alpha value is -3.58. The molecule has 2 N–H and O–H groups in total. The van der Waals surface area contributed by atoms with E-state index in [0.717, 1.165) is 33.5 Å². The van der Waals surface area contributed by atoms with Gasteiger partial charge in [-0.05, 0) is 73.5 Å². The van der Waals surface area contributed by atoms with Gasteiger partial charge >= 0.3 is 0 Å². The molecule has 3 aromatic carbocycles. The van der Waals surface area contributed by atoms with Crippen molar-refractivity contribution in [3.63, 3.8) is 0 Å². The van der Waals surface area contributed by atoms with E-state index in [4.69, 9.17) is 10.5 Å². The van der Waals surface area contributed by atoms with E-state index in [0.29, 0.717) is 23.4 Å². The van der Waals surface area contributed by atoms with Crippen molar-refractivity contribution in [2.45, 2.75) is 44.7 Å². The molecule has 0 aliphatic carbocycles. The van der Waals surface area contributed by atoms with Crippen molar-refractivity contribution in [1.82, 2.24) is 4.57 Å². The van der Waals surface area contributed by atoms with E-state index in [1.807, 2.05) is 50.2 Å². The first-order chi connectivity index (χ1) is 16.7. The summed E-state index contributed by atoms with van der Waals surface area (Å²) in [5, 5.41) is 0.932. The zero-order valence-electron chi connectivity index (χ0n) is 20.2. The summed E-state index contributed by atoms with van der Waals surface area (Å²) in [5.41, 5.74) is 10.1. The van der Waals surface area contributed by atoms with Gasteiger partial charge < -0.3 is 15.0 Å². The summed E-state index contributed by atoms with van der Waals surface area (Å²) in [6.07, 6.45) is 0.723. The summed E-state index contributed by atoms with van der Waals surface area (Å²) < 4.78 is 32.3. The summed E-state index contributed by atoms with van der Waals surface area (Å²) in [4.78, 5) is 12.1. The van der Waals surface area contributed by atoms with Crippen LogP contribution in [0.5, 0.6) is 5.75 Å². The molecule has 0 saturated heterocycles. The number of fused-ring (bicyclic) bond motifs is 1. The number of carbonyl (C=O) groups excluding carboxylic acids is 1. The van der Waals surface area contributed by atoms with E-state index in [2.05, 4.69) is 22.8 Å². The van der Waals surface area contributed by atoms with Crippen LogP contribution in [0.2, 0.25) is 0 Å². The van der Waals surface area contributed by atoms with Gasteiger partial charge in [0.15, 0.2) is 9.84 Å². The number of sulfone groups is 1. The molecule has 4 aromatic rings. The lowest BCUT2D eigenvalue weighted by Gasteiger charge is -2.13. The van der Waals surface area contributed by atoms with E-state index < -0.39 is 15.7 Å². The fraction of sp³-hybridized carbons (Fsp3) is 0.250. The van der Waals surface area contributed by atoms with Crippen LogP contribution >= 0.6 is 0 Å². The minimum atomic E-state index is -3.24. The number of nitrogens with two attached hydrogens (primary N) is 1. The number of nitrogens with zero attached hydrogens (tertiary/aromatic N) is 1. The third-order valence-corrected chi connectivity index (χ3v) is 7.71. The molecule has 4 rings (SSSR count). The number of primary amides is 1. The second kappa shape index (κ2) is 9.96. The number of hydrogen-bond donors (Lipinski definition) is 1. The van der Waals surface area contributed by atoms with Gasteiger partial charge in [0, 0.05) is 35.1 Å². The summed E-state index contributed by atoms with van der Waals surface area (Å²) in [6, 6.07) is 22.6. The highest BCUT2D eigenvalue weighted by molar-refractivity contribution is 7.91. The first-order valence-electron chi connectivity index (χ1n) is 11.7. The Morgan fingerprint density at radius 2 is 1.60 bits per heavy atom. The maximum atomic E-state index is 12.2. The number of ether oxygens (including phenoxy) is 1. The largest absolute Gasteiger partial charge is 0.491 e. The lowest BCUT2D eigenvalue weighted by atomic mass is 10.1. The molecule has 0 spiro atoms. The smallest absolute Gasteiger partial charge is 0.248 e. The van der Waals surface area contributed by atoms with Gasteiger partial charge in [-0.1, -0.05) is 31.2 Å². The van der Waals surface area contributed by atoms with Crippen LogP contribution in [0.4, 0.5) is 0 Å². The normalized spacial score (nSPS) is 11.8. The van der Waals surface area contributed by atoms with Crippen LogP contribution in [0.25, 0.3) is 10.9 Å². The van der Waals surface area contributed by atoms with Crippen molar-refractivity contribution >= 4 is 26.6 Å². The fourth-order valence-corrected chi connectivity index (χ4v) is 5.02. The maximum absolute atomic E-state index is 12.2.